The minimum absolute atomic E-state index is 0.0967. The lowest BCUT2D eigenvalue weighted by Crippen LogP contribution is -2.20. The Morgan fingerprint density at radius 3 is 2.74 bits per heavy atom. The van der Waals surface area contributed by atoms with Gasteiger partial charge in [0.15, 0.2) is 0 Å². The molecule has 0 saturated carbocycles. The Morgan fingerprint density at radius 1 is 1.26 bits per heavy atom. The lowest BCUT2D eigenvalue weighted by Gasteiger charge is -1.95. The second-order valence-electron chi connectivity index (χ2n) is 3.97. The summed E-state index contributed by atoms with van der Waals surface area (Å²) in [6.07, 6.45) is 0.514. The van der Waals surface area contributed by atoms with E-state index in [9.17, 15) is 14.4 Å². The second-order valence-corrected chi connectivity index (χ2v) is 3.97. The molecule has 0 spiro atoms. The molecule has 0 atom stereocenters. The van der Waals surface area contributed by atoms with Crippen LogP contribution in [-0.2, 0) is 9.53 Å². The highest BCUT2D eigenvalue weighted by Gasteiger charge is 2.29. The Bertz CT molecular complexity index is 622. The molecule has 2 rings (SSSR count). The maximum absolute atomic E-state index is 11.3. The summed E-state index contributed by atoms with van der Waals surface area (Å²) in [5.74, 6) is 4.38. The van der Waals surface area contributed by atoms with Crippen molar-refractivity contribution in [2.24, 2.45) is 0 Å². The van der Waals surface area contributed by atoms with Crippen molar-refractivity contribution in [3.05, 3.63) is 34.9 Å². The summed E-state index contributed by atoms with van der Waals surface area (Å²) in [5, 5.41) is 2.63. The zero-order chi connectivity index (χ0) is 13.8. The van der Waals surface area contributed by atoms with Gasteiger partial charge >= 0.3 is 11.9 Å². The van der Waals surface area contributed by atoms with Crippen LogP contribution in [0.1, 0.15) is 39.6 Å². The molecule has 19 heavy (non-hydrogen) atoms. The first kappa shape index (κ1) is 12.8. The third kappa shape index (κ3) is 2.99. The molecule has 1 aliphatic rings. The SMILES string of the molecule is CC(=O)NCCC#Cc1ccc2c(c1)C(=O)OC2=O. The standard InChI is InChI=1S/C14H11NO4/c1-9(16)15-7-3-2-4-10-5-6-11-12(8-10)14(18)19-13(11)17/h5-6,8H,3,7H2,1H3,(H,15,16). The molecule has 0 aromatic heterocycles. The van der Waals surface area contributed by atoms with Crippen LogP contribution in [0.2, 0.25) is 0 Å². The molecular weight excluding hydrogens is 246 g/mol. The number of benzene rings is 1. The summed E-state index contributed by atoms with van der Waals surface area (Å²) >= 11 is 0. The van der Waals surface area contributed by atoms with Gasteiger partial charge < -0.3 is 10.1 Å². The quantitative estimate of drug-likeness (QED) is 0.369. The number of cyclic esters (lactones) is 2. The van der Waals surface area contributed by atoms with Gasteiger partial charge in [-0.1, -0.05) is 11.8 Å². The molecule has 0 fully saturated rings. The lowest BCUT2D eigenvalue weighted by atomic mass is 10.1. The third-order valence-electron chi connectivity index (χ3n) is 2.50. The van der Waals surface area contributed by atoms with E-state index in [0.29, 0.717) is 18.5 Å². The van der Waals surface area contributed by atoms with Crippen molar-refractivity contribution in [1.82, 2.24) is 5.32 Å². The van der Waals surface area contributed by atoms with E-state index in [1.54, 1.807) is 6.07 Å². The topological polar surface area (TPSA) is 72.5 Å². The van der Waals surface area contributed by atoms with E-state index in [0.717, 1.165) is 0 Å². The van der Waals surface area contributed by atoms with E-state index in [-0.39, 0.29) is 17.0 Å². The van der Waals surface area contributed by atoms with Crippen LogP contribution in [0.25, 0.3) is 0 Å². The van der Waals surface area contributed by atoms with Gasteiger partial charge in [0, 0.05) is 25.5 Å². The molecule has 5 nitrogen and oxygen atoms in total. The van der Waals surface area contributed by atoms with E-state index >= 15 is 0 Å². The number of esters is 2. The predicted molar refractivity (Wildman–Crippen MR) is 66.4 cm³/mol. The molecule has 0 saturated heterocycles. The minimum atomic E-state index is -0.637. The Labute approximate surface area is 109 Å². The molecule has 1 amide bonds. The smallest absolute Gasteiger partial charge is 0.346 e. The van der Waals surface area contributed by atoms with Gasteiger partial charge in [-0.25, -0.2) is 9.59 Å². The Morgan fingerprint density at radius 2 is 2.00 bits per heavy atom. The monoisotopic (exact) mass is 257 g/mol. The van der Waals surface area contributed by atoms with Gasteiger partial charge in [-0.3, -0.25) is 4.79 Å². The fourth-order valence-corrected chi connectivity index (χ4v) is 1.63. The van der Waals surface area contributed by atoms with Crippen LogP contribution in [0.5, 0.6) is 0 Å². The summed E-state index contributed by atoms with van der Waals surface area (Å²) in [6.45, 7) is 1.92. The number of nitrogens with one attached hydrogen (secondary N) is 1. The summed E-state index contributed by atoms with van der Waals surface area (Å²) in [5.41, 5.74) is 1.15. The van der Waals surface area contributed by atoms with E-state index in [4.69, 9.17) is 0 Å². The van der Waals surface area contributed by atoms with Crippen molar-refractivity contribution in [3.8, 4) is 11.8 Å². The first-order chi connectivity index (χ1) is 9.08. The number of rotatable bonds is 2. The highest BCUT2D eigenvalue weighted by atomic mass is 16.6. The van der Waals surface area contributed by atoms with Crippen LogP contribution < -0.4 is 5.32 Å². The lowest BCUT2D eigenvalue weighted by molar-refractivity contribution is -0.118. The number of carbonyl (C=O) groups excluding carboxylic acids is 3. The number of fused-ring (bicyclic) bond motifs is 1. The van der Waals surface area contributed by atoms with Crippen molar-refractivity contribution >= 4 is 17.8 Å². The molecular formula is C14H11NO4. The van der Waals surface area contributed by atoms with Crippen molar-refractivity contribution in [1.29, 1.82) is 0 Å². The molecule has 0 radical (unpaired) electrons. The van der Waals surface area contributed by atoms with Gasteiger partial charge in [-0.2, -0.15) is 0 Å². The van der Waals surface area contributed by atoms with Crippen LogP contribution in [0, 0.1) is 11.8 Å². The van der Waals surface area contributed by atoms with E-state index in [1.807, 2.05) is 0 Å². The van der Waals surface area contributed by atoms with Gasteiger partial charge in [-0.05, 0) is 18.2 Å². The number of hydrogen-bond donors (Lipinski definition) is 1. The maximum atomic E-state index is 11.3. The van der Waals surface area contributed by atoms with E-state index < -0.39 is 11.9 Å². The highest BCUT2D eigenvalue weighted by Crippen LogP contribution is 2.20. The van der Waals surface area contributed by atoms with E-state index in [1.165, 1.54) is 19.1 Å². The molecule has 0 unspecified atom stereocenters. The fraction of sp³-hybridized carbons (Fsp3) is 0.214. The minimum Gasteiger partial charge on any atom is -0.386 e. The first-order valence-electron chi connectivity index (χ1n) is 5.72. The predicted octanol–water partition coefficient (Wildman–Crippen LogP) is 0.875. The van der Waals surface area contributed by atoms with Gasteiger partial charge in [0.2, 0.25) is 5.91 Å². The molecule has 1 N–H and O–H groups in total. The molecule has 1 heterocycles. The van der Waals surface area contributed by atoms with Crippen molar-refractivity contribution in [2.75, 3.05) is 6.54 Å². The Balaban J connectivity index is 2.05. The zero-order valence-corrected chi connectivity index (χ0v) is 10.3. The van der Waals surface area contributed by atoms with Crippen molar-refractivity contribution < 1.29 is 19.1 Å². The van der Waals surface area contributed by atoms with Crippen LogP contribution in [0.15, 0.2) is 18.2 Å². The number of ether oxygens (including phenoxy) is 1. The van der Waals surface area contributed by atoms with Crippen LogP contribution in [-0.4, -0.2) is 24.4 Å². The fourth-order valence-electron chi connectivity index (χ4n) is 1.63. The van der Waals surface area contributed by atoms with Gasteiger partial charge in [0.05, 0.1) is 11.1 Å². The first-order valence-corrected chi connectivity index (χ1v) is 5.72. The van der Waals surface area contributed by atoms with Gasteiger partial charge in [0.25, 0.3) is 0 Å². The summed E-state index contributed by atoms with van der Waals surface area (Å²) in [6, 6.07) is 4.72. The number of hydrogen-bond acceptors (Lipinski definition) is 4. The molecule has 5 heteroatoms. The van der Waals surface area contributed by atoms with Gasteiger partial charge in [0.1, 0.15) is 0 Å². The molecule has 1 aromatic rings. The average Bonchev–Trinajstić information content (AvgIpc) is 2.64. The Hall–Kier alpha value is -2.61. The van der Waals surface area contributed by atoms with Crippen molar-refractivity contribution in [3.63, 3.8) is 0 Å². The number of carbonyl (C=O) groups is 3. The largest absolute Gasteiger partial charge is 0.386 e. The molecule has 1 aliphatic heterocycles. The van der Waals surface area contributed by atoms with E-state index in [2.05, 4.69) is 21.9 Å². The number of amides is 1. The van der Waals surface area contributed by atoms with Crippen molar-refractivity contribution in [2.45, 2.75) is 13.3 Å². The zero-order valence-electron chi connectivity index (χ0n) is 10.3. The second kappa shape index (κ2) is 5.36. The highest BCUT2D eigenvalue weighted by molar-refractivity contribution is 6.14. The van der Waals surface area contributed by atoms with Gasteiger partial charge in [-0.15, -0.1) is 0 Å². The summed E-state index contributed by atoms with van der Waals surface area (Å²) in [7, 11) is 0. The molecule has 96 valence electrons. The molecule has 0 aliphatic carbocycles. The normalized spacial score (nSPS) is 12.3. The van der Waals surface area contributed by atoms with Crippen LogP contribution >= 0.6 is 0 Å². The maximum Gasteiger partial charge on any atom is 0.346 e. The average molecular weight is 257 g/mol. The molecule has 1 aromatic carbocycles. The summed E-state index contributed by atoms with van der Waals surface area (Å²) in [4.78, 5) is 33.2. The molecule has 0 bridgehead atoms. The summed E-state index contributed by atoms with van der Waals surface area (Å²) < 4.78 is 4.48. The third-order valence-corrected chi connectivity index (χ3v) is 2.50. The van der Waals surface area contributed by atoms with Crippen LogP contribution in [0.3, 0.4) is 0 Å². The van der Waals surface area contributed by atoms with Crippen LogP contribution in [0.4, 0.5) is 0 Å². The Kier molecular flexibility index (Phi) is 3.62.